The van der Waals surface area contributed by atoms with Crippen LogP contribution in [-0.2, 0) is 0 Å². The van der Waals surface area contributed by atoms with Gasteiger partial charge in [0.2, 0.25) is 0 Å². The third-order valence-corrected chi connectivity index (χ3v) is 2.78. The number of benzene rings is 1. The van der Waals surface area contributed by atoms with Crippen LogP contribution in [0.25, 0.3) is 10.9 Å². The maximum absolute atomic E-state index is 4.32. The van der Waals surface area contributed by atoms with Crippen LogP contribution in [0.1, 0.15) is 26.3 Å². The van der Waals surface area contributed by atoms with Crippen LogP contribution < -0.4 is 0 Å². The topological polar surface area (TPSA) is 12.9 Å². The van der Waals surface area contributed by atoms with E-state index in [0.717, 1.165) is 22.0 Å². The van der Waals surface area contributed by atoms with Crippen molar-refractivity contribution < 1.29 is 0 Å². The lowest BCUT2D eigenvalue weighted by Crippen LogP contribution is -1.83. The molecule has 0 aliphatic heterocycles. The first-order valence-corrected chi connectivity index (χ1v) is 5.68. The molecule has 0 aliphatic carbocycles. The summed E-state index contributed by atoms with van der Waals surface area (Å²) < 4.78 is 0. The molecule has 17 heavy (non-hydrogen) atoms. The molecular weight excluding hydrogens is 206 g/mol. The Balaban J connectivity index is 2.54. The molecule has 0 spiro atoms. The Bertz CT molecular complexity index is 630. The van der Waals surface area contributed by atoms with Crippen molar-refractivity contribution in [1.29, 1.82) is 0 Å². The molecule has 1 heteroatoms. The molecule has 0 saturated heterocycles. The Labute approximate surface area is 102 Å². The van der Waals surface area contributed by atoms with E-state index >= 15 is 0 Å². The maximum Gasteiger partial charge on any atom is 0.0714 e. The maximum atomic E-state index is 4.32. The summed E-state index contributed by atoms with van der Waals surface area (Å²) in [5.41, 5.74) is 4.42. The number of hydrogen-bond acceptors (Lipinski definition) is 1. The minimum absolute atomic E-state index is 0.995. The van der Waals surface area contributed by atoms with Crippen molar-refractivity contribution in [3.8, 4) is 11.8 Å². The van der Waals surface area contributed by atoms with Gasteiger partial charge in [0.15, 0.2) is 0 Å². The fraction of sp³-hybridized carbons (Fsp3) is 0.188. The van der Waals surface area contributed by atoms with Crippen molar-refractivity contribution >= 4 is 10.9 Å². The number of para-hydroxylation sites is 1. The van der Waals surface area contributed by atoms with Crippen molar-refractivity contribution in [3.05, 3.63) is 53.2 Å². The summed E-state index contributed by atoms with van der Waals surface area (Å²) in [6.07, 6.45) is 1.81. The highest BCUT2D eigenvalue weighted by Gasteiger charge is 1.97. The number of aromatic nitrogens is 1. The quantitative estimate of drug-likeness (QED) is 0.614. The summed E-state index contributed by atoms with van der Waals surface area (Å²) in [4.78, 5) is 4.32. The van der Waals surface area contributed by atoms with E-state index in [1.54, 1.807) is 0 Å². The molecule has 0 radical (unpaired) electrons. The normalized spacial score (nSPS) is 9.59. The molecule has 0 fully saturated rings. The van der Waals surface area contributed by atoms with Gasteiger partial charge < -0.3 is 0 Å². The molecule has 1 nitrogen and oxygen atoms in total. The van der Waals surface area contributed by atoms with Crippen molar-refractivity contribution in [2.24, 2.45) is 0 Å². The number of hydrogen-bond donors (Lipinski definition) is 0. The minimum Gasteiger partial charge on any atom is -0.256 e. The molecule has 0 atom stereocenters. The molecule has 0 N–H and O–H groups in total. The highest BCUT2D eigenvalue weighted by atomic mass is 14.6. The second kappa shape index (κ2) is 4.84. The van der Waals surface area contributed by atoms with Crippen LogP contribution >= 0.6 is 0 Å². The summed E-state index contributed by atoms with van der Waals surface area (Å²) in [7, 11) is 0. The first-order valence-electron chi connectivity index (χ1n) is 5.68. The average molecular weight is 221 g/mol. The standard InChI is InChI=1S/C16H15N/c1-12(2)13(3)8-9-14-10-11-17-16-7-5-4-6-15(14)16/h4-7,10-11H,1-3H3. The molecule has 1 heterocycles. The third kappa shape index (κ3) is 2.54. The number of pyridine rings is 1. The van der Waals surface area contributed by atoms with E-state index in [-0.39, 0.29) is 0 Å². The van der Waals surface area contributed by atoms with E-state index in [1.165, 1.54) is 5.57 Å². The lowest BCUT2D eigenvalue weighted by Gasteiger charge is -1.98. The fourth-order valence-electron chi connectivity index (χ4n) is 1.49. The van der Waals surface area contributed by atoms with E-state index < -0.39 is 0 Å². The highest BCUT2D eigenvalue weighted by molar-refractivity contribution is 5.84. The summed E-state index contributed by atoms with van der Waals surface area (Å²) in [5, 5.41) is 1.11. The predicted octanol–water partition coefficient (Wildman–Crippen LogP) is 3.94. The summed E-state index contributed by atoms with van der Waals surface area (Å²) >= 11 is 0. The Hall–Kier alpha value is -2.07. The third-order valence-electron chi connectivity index (χ3n) is 2.78. The number of fused-ring (bicyclic) bond motifs is 1. The van der Waals surface area contributed by atoms with Gasteiger partial charge in [-0.15, -0.1) is 0 Å². The van der Waals surface area contributed by atoms with Crippen LogP contribution in [0.4, 0.5) is 0 Å². The molecule has 2 aromatic rings. The Morgan fingerprint density at radius 3 is 2.59 bits per heavy atom. The zero-order chi connectivity index (χ0) is 12.3. The Kier molecular flexibility index (Phi) is 3.25. The molecule has 84 valence electrons. The fourth-order valence-corrected chi connectivity index (χ4v) is 1.49. The van der Waals surface area contributed by atoms with E-state index in [4.69, 9.17) is 0 Å². The van der Waals surface area contributed by atoms with Crippen molar-refractivity contribution in [3.63, 3.8) is 0 Å². The monoisotopic (exact) mass is 221 g/mol. The SMILES string of the molecule is CC(C)=C(C)C#Cc1ccnc2ccccc12. The van der Waals surface area contributed by atoms with Gasteiger partial charge >= 0.3 is 0 Å². The molecule has 0 amide bonds. The van der Waals surface area contributed by atoms with Crippen molar-refractivity contribution in [2.75, 3.05) is 0 Å². The zero-order valence-electron chi connectivity index (χ0n) is 10.4. The molecule has 0 bridgehead atoms. The summed E-state index contributed by atoms with van der Waals surface area (Å²) in [6, 6.07) is 10.0. The number of allylic oxidation sites excluding steroid dienone is 2. The van der Waals surface area contributed by atoms with Crippen LogP contribution in [0.2, 0.25) is 0 Å². The average Bonchev–Trinajstić information content (AvgIpc) is 2.35. The van der Waals surface area contributed by atoms with Crippen LogP contribution in [0, 0.1) is 11.8 Å². The number of rotatable bonds is 0. The zero-order valence-corrected chi connectivity index (χ0v) is 10.4. The van der Waals surface area contributed by atoms with Crippen LogP contribution in [-0.4, -0.2) is 4.98 Å². The molecule has 0 aliphatic rings. The Morgan fingerprint density at radius 2 is 1.82 bits per heavy atom. The lowest BCUT2D eigenvalue weighted by atomic mass is 10.1. The van der Waals surface area contributed by atoms with Crippen molar-refractivity contribution in [2.45, 2.75) is 20.8 Å². The second-order valence-corrected chi connectivity index (χ2v) is 4.25. The number of nitrogens with zero attached hydrogens (tertiary/aromatic N) is 1. The van der Waals surface area contributed by atoms with E-state index in [9.17, 15) is 0 Å². The van der Waals surface area contributed by atoms with Gasteiger partial charge in [0, 0.05) is 17.1 Å². The van der Waals surface area contributed by atoms with Gasteiger partial charge in [0.25, 0.3) is 0 Å². The van der Waals surface area contributed by atoms with Gasteiger partial charge in [-0.3, -0.25) is 4.98 Å². The molecular formula is C16H15N. The van der Waals surface area contributed by atoms with Crippen molar-refractivity contribution in [1.82, 2.24) is 4.98 Å². The van der Waals surface area contributed by atoms with Crippen LogP contribution in [0.5, 0.6) is 0 Å². The van der Waals surface area contributed by atoms with E-state index in [1.807, 2.05) is 37.4 Å². The molecule has 1 aromatic carbocycles. The lowest BCUT2D eigenvalue weighted by molar-refractivity contribution is 1.31. The molecule has 1 aromatic heterocycles. The Morgan fingerprint density at radius 1 is 1.06 bits per heavy atom. The van der Waals surface area contributed by atoms with E-state index in [2.05, 4.69) is 36.7 Å². The van der Waals surface area contributed by atoms with Gasteiger partial charge in [-0.1, -0.05) is 35.6 Å². The van der Waals surface area contributed by atoms with Crippen LogP contribution in [0.15, 0.2) is 47.7 Å². The second-order valence-electron chi connectivity index (χ2n) is 4.25. The highest BCUT2D eigenvalue weighted by Crippen LogP contribution is 2.15. The minimum atomic E-state index is 0.995. The first-order chi connectivity index (χ1) is 8.18. The summed E-state index contributed by atoms with van der Waals surface area (Å²) in [5.74, 6) is 6.41. The van der Waals surface area contributed by atoms with E-state index in [0.29, 0.717) is 0 Å². The predicted molar refractivity (Wildman–Crippen MR) is 72.7 cm³/mol. The summed E-state index contributed by atoms with van der Waals surface area (Å²) in [6.45, 7) is 6.20. The largest absolute Gasteiger partial charge is 0.256 e. The smallest absolute Gasteiger partial charge is 0.0714 e. The molecule has 0 saturated carbocycles. The molecule has 2 rings (SSSR count). The van der Waals surface area contributed by atoms with Gasteiger partial charge in [-0.2, -0.15) is 0 Å². The van der Waals surface area contributed by atoms with Gasteiger partial charge in [0.1, 0.15) is 0 Å². The van der Waals surface area contributed by atoms with Gasteiger partial charge in [-0.05, 0) is 38.5 Å². The van der Waals surface area contributed by atoms with Crippen LogP contribution in [0.3, 0.4) is 0 Å². The van der Waals surface area contributed by atoms with Gasteiger partial charge in [-0.25, -0.2) is 0 Å². The molecule has 0 unspecified atom stereocenters. The first kappa shape index (κ1) is 11.4. The van der Waals surface area contributed by atoms with Gasteiger partial charge in [0.05, 0.1) is 5.52 Å².